The molecule has 3 rings (SSSR count). The summed E-state index contributed by atoms with van der Waals surface area (Å²) in [5, 5.41) is 0. The molecule has 0 aliphatic heterocycles. The maximum atomic E-state index is 13.0. The van der Waals surface area contributed by atoms with Crippen molar-refractivity contribution in [2.45, 2.75) is 13.0 Å². The van der Waals surface area contributed by atoms with Gasteiger partial charge in [-0.25, -0.2) is 4.39 Å². The van der Waals surface area contributed by atoms with Crippen molar-refractivity contribution >= 4 is 0 Å². The predicted octanol–water partition coefficient (Wildman–Crippen LogP) is 3.82. The van der Waals surface area contributed by atoms with E-state index < -0.39 is 0 Å². The molecule has 0 radical (unpaired) electrons. The lowest BCUT2D eigenvalue weighted by molar-refractivity contribution is 0.143. The van der Waals surface area contributed by atoms with Crippen molar-refractivity contribution in [2.24, 2.45) is 0 Å². The topological polar surface area (TPSA) is 40.5 Å². The van der Waals surface area contributed by atoms with Crippen molar-refractivity contribution in [2.75, 3.05) is 6.61 Å². The van der Waals surface area contributed by atoms with Crippen LogP contribution in [-0.4, -0.2) is 17.3 Å². The summed E-state index contributed by atoms with van der Waals surface area (Å²) in [7, 11) is 0. The second-order valence-electron chi connectivity index (χ2n) is 5.60. The monoisotopic (exact) mass is 339 g/mol. The summed E-state index contributed by atoms with van der Waals surface area (Å²) in [5.74, 6) is 0.890. The highest BCUT2D eigenvalue weighted by Gasteiger charge is 2.08. The maximum Gasteiger partial charge on any atom is 0.258 e. The van der Waals surface area contributed by atoms with Gasteiger partial charge in [0, 0.05) is 18.0 Å². The summed E-state index contributed by atoms with van der Waals surface area (Å²) in [6.07, 6.45) is 1.39. The molecule has 0 N–H and O–H groups in total. The van der Waals surface area contributed by atoms with Gasteiger partial charge >= 0.3 is 0 Å². The Labute approximate surface area is 145 Å². The summed E-state index contributed by atoms with van der Waals surface area (Å²) in [6, 6.07) is 18.3. The Morgan fingerprint density at radius 2 is 1.72 bits per heavy atom. The molecule has 1 unspecified atom stereocenters. The second kappa shape index (κ2) is 7.66. The van der Waals surface area contributed by atoms with Crippen LogP contribution in [0.15, 0.2) is 77.7 Å². The number of benzene rings is 2. The zero-order chi connectivity index (χ0) is 17.6. The molecule has 3 aromatic rings. The molecule has 1 aromatic heterocycles. The van der Waals surface area contributed by atoms with Gasteiger partial charge < -0.3 is 9.47 Å². The molecule has 1 atom stereocenters. The molecule has 0 bridgehead atoms. The lowest BCUT2D eigenvalue weighted by Crippen LogP contribution is -2.23. The van der Waals surface area contributed by atoms with Crippen molar-refractivity contribution < 1.29 is 13.9 Å². The van der Waals surface area contributed by atoms with Crippen LogP contribution in [0.4, 0.5) is 4.39 Å². The summed E-state index contributed by atoms with van der Waals surface area (Å²) < 4.78 is 25.8. The van der Waals surface area contributed by atoms with Crippen LogP contribution in [0, 0.1) is 5.82 Å². The average Bonchev–Trinajstić information content (AvgIpc) is 2.62. The van der Waals surface area contributed by atoms with Crippen molar-refractivity contribution in [3.63, 3.8) is 0 Å². The molecular weight excluding hydrogens is 321 g/mol. The number of ether oxygens (including phenoxy) is 2. The van der Waals surface area contributed by atoms with Gasteiger partial charge in [0.05, 0.1) is 0 Å². The first-order valence-electron chi connectivity index (χ1n) is 7.95. The third kappa shape index (κ3) is 4.47. The Balaban J connectivity index is 1.64. The summed E-state index contributed by atoms with van der Waals surface area (Å²) in [4.78, 5) is 12.2. The molecule has 0 aliphatic rings. The Hall–Kier alpha value is -3.08. The number of para-hydroxylation sites is 1. The SMILES string of the molecule is CC(COc1ccccc1)Oc1ccn(-c2ccc(F)cc2)c(=O)c1. The van der Waals surface area contributed by atoms with Gasteiger partial charge in [-0.1, -0.05) is 18.2 Å². The van der Waals surface area contributed by atoms with Crippen LogP contribution < -0.4 is 15.0 Å². The largest absolute Gasteiger partial charge is 0.490 e. The van der Waals surface area contributed by atoms with Gasteiger partial charge in [-0.3, -0.25) is 9.36 Å². The minimum Gasteiger partial charge on any atom is -0.490 e. The van der Waals surface area contributed by atoms with Gasteiger partial charge in [0.25, 0.3) is 5.56 Å². The molecule has 0 spiro atoms. The summed E-state index contributed by atoms with van der Waals surface area (Å²) >= 11 is 0. The van der Waals surface area contributed by atoms with Crippen molar-refractivity contribution in [1.29, 1.82) is 0 Å². The second-order valence-corrected chi connectivity index (χ2v) is 5.60. The lowest BCUT2D eigenvalue weighted by Gasteiger charge is -2.16. The molecule has 0 saturated heterocycles. The Morgan fingerprint density at radius 3 is 2.40 bits per heavy atom. The van der Waals surface area contributed by atoms with Gasteiger partial charge in [-0.2, -0.15) is 0 Å². The maximum absolute atomic E-state index is 13.0. The van der Waals surface area contributed by atoms with Gasteiger partial charge in [-0.05, 0) is 49.4 Å². The van der Waals surface area contributed by atoms with E-state index in [-0.39, 0.29) is 17.5 Å². The van der Waals surface area contributed by atoms with Crippen LogP contribution in [0.2, 0.25) is 0 Å². The molecular formula is C20H18FNO3. The van der Waals surface area contributed by atoms with Crippen LogP contribution in [0.1, 0.15) is 6.92 Å². The highest BCUT2D eigenvalue weighted by molar-refractivity contribution is 5.34. The first kappa shape index (κ1) is 16.8. The molecule has 128 valence electrons. The number of hydrogen-bond acceptors (Lipinski definition) is 3. The van der Waals surface area contributed by atoms with E-state index in [1.807, 2.05) is 37.3 Å². The normalized spacial score (nSPS) is 11.8. The number of pyridine rings is 1. The Morgan fingerprint density at radius 1 is 1.00 bits per heavy atom. The average molecular weight is 339 g/mol. The minimum absolute atomic E-state index is 0.221. The van der Waals surface area contributed by atoms with Crippen LogP contribution in [0.25, 0.3) is 5.69 Å². The van der Waals surface area contributed by atoms with Crippen LogP contribution in [0.3, 0.4) is 0 Å². The van der Waals surface area contributed by atoms with E-state index in [2.05, 4.69) is 0 Å². The summed E-state index contributed by atoms with van der Waals surface area (Å²) in [5.41, 5.74) is 0.346. The van der Waals surface area contributed by atoms with E-state index in [1.54, 1.807) is 24.4 Å². The standard InChI is InChI=1S/C20H18FNO3/c1-15(14-24-18-5-3-2-4-6-18)25-19-11-12-22(20(23)13-19)17-9-7-16(21)8-10-17/h2-13,15H,14H2,1H3. The fourth-order valence-corrected chi connectivity index (χ4v) is 2.35. The van der Waals surface area contributed by atoms with E-state index in [0.717, 1.165) is 5.75 Å². The zero-order valence-corrected chi connectivity index (χ0v) is 13.8. The molecule has 0 amide bonds. The number of aromatic nitrogens is 1. The minimum atomic E-state index is -0.344. The van der Waals surface area contributed by atoms with Crippen molar-refractivity contribution in [1.82, 2.24) is 4.57 Å². The first-order valence-corrected chi connectivity index (χ1v) is 7.95. The lowest BCUT2D eigenvalue weighted by atomic mass is 10.3. The highest BCUT2D eigenvalue weighted by Crippen LogP contribution is 2.14. The number of rotatable bonds is 6. The predicted molar refractivity (Wildman–Crippen MR) is 94.0 cm³/mol. The first-order chi connectivity index (χ1) is 12.1. The fourth-order valence-electron chi connectivity index (χ4n) is 2.35. The quantitative estimate of drug-likeness (QED) is 0.685. The van der Waals surface area contributed by atoms with Crippen molar-refractivity contribution in [3.8, 4) is 17.2 Å². The number of nitrogens with zero attached hydrogens (tertiary/aromatic N) is 1. The van der Waals surface area contributed by atoms with Gasteiger partial charge in [0.2, 0.25) is 0 Å². The Kier molecular flexibility index (Phi) is 5.14. The zero-order valence-electron chi connectivity index (χ0n) is 13.8. The van der Waals surface area contributed by atoms with E-state index >= 15 is 0 Å². The molecule has 1 heterocycles. The molecule has 5 heteroatoms. The molecule has 0 fully saturated rings. The van der Waals surface area contributed by atoms with E-state index in [1.165, 1.54) is 22.8 Å². The van der Waals surface area contributed by atoms with E-state index in [9.17, 15) is 9.18 Å². The fraction of sp³-hybridized carbons (Fsp3) is 0.150. The molecule has 4 nitrogen and oxygen atoms in total. The molecule has 25 heavy (non-hydrogen) atoms. The number of hydrogen-bond donors (Lipinski definition) is 0. The smallest absolute Gasteiger partial charge is 0.258 e. The highest BCUT2D eigenvalue weighted by atomic mass is 19.1. The van der Waals surface area contributed by atoms with E-state index in [0.29, 0.717) is 18.0 Å². The van der Waals surface area contributed by atoms with Crippen LogP contribution in [-0.2, 0) is 0 Å². The van der Waals surface area contributed by atoms with Crippen LogP contribution >= 0.6 is 0 Å². The van der Waals surface area contributed by atoms with Crippen molar-refractivity contribution in [3.05, 3.63) is 89.1 Å². The third-order valence-corrected chi connectivity index (χ3v) is 3.56. The number of halogens is 1. The van der Waals surface area contributed by atoms with Gasteiger partial charge in [0.15, 0.2) is 0 Å². The molecule has 0 saturated carbocycles. The summed E-state index contributed by atoms with van der Waals surface area (Å²) in [6.45, 7) is 2.24. The molecule has 2 aromatic carbocycles. The van der Waals surface area contributed by atoms with Crippen LogP contribution in [0.5, 0.6) is 11.5 Å². The van der Waals surface area contributed by atoms with E-state index in [4.69, 9.17) is 9.47 Å². The Bertz CT molecular complexity index is 875. The van der Waals surface area contributed by atoms with Gasteiger partial charge in [-0.15, -0.1) is 0 Å². The third-order valence-electron chi connectivity index (χ3n) is 3.56. The van der Waals surface area contributed by atoms with Gasteiger partial charge in [0.1, 0.15) is 30.0 Å². The molecule has 0 aliphatic carbocycles.